The predicted molar refractivity (Wildman–Crippen MR) is 112 cm³/mol. The third kappa shape index (κ3) is 4.67. The monoisotopic (exact) mass is 450 g/mol. The Bertz CT molecular complexity index is 880. The van der Waals surface area contributed by atoms with Gasteiger partial charge in [0.1, 0.15) is 0 Å². The number of benzene rings is 1. The van der Waals surface area contributed by atoms with Crippen LogP contribution in [0.15, 0.2) is 16.6 Å². The Morgan fingerprint density at radius 2 is 2.11 bits per heavy atom. The summed E-state index contributed by atoms with van der Waals surface area (Å²) in [5, 5.41) is 1.09. The van der Waals surface area contributed by atoms with Gasteiger partial charge in [0.2, 0.25) is 0 Å². The summed E-state index contributed by atoms with van der Waals surface area (Å²) in [5.41, 5.74) is 14.4. The molecule has 1 aromatic heterocycles. The SMILES string of the molecule is CN(CCCCOC(N)=O)CC1CCc2c([nH]c3c(C(N)=O)ccc(Br)c23)C1. The third-order valence-corrected chi connectivity index (χ3v) is 6.07. The van der Waals surface area contributed by atoms with Crippen molar-refractivity contribution in [3.8, 4) is 0 Å². The van der Waals surface area contributed by atoms with Crippen LogP contribution >= 0.6 is 15.9 Å². The van der Waals surface area contributed by atoms with Gasteiger partial charge in [0, 0.05) is 22.1 Å². The average molecular weight is 451 g/mol. The molecule has 1 aliphatic rings. The number of H-pyrrole nitrogens is 1. The Kier molecular flexibility index (Phi) is 6.61. The minimum absolute atomic E-state index is 0.377. The lowest BCUT2D eigenvalue weighted by Gasteiger charge is -2.27. The lowest BCUT2D eigenvalue weighted by atomic mass is 9.86. The highest BCUT2D eigenvalue weighted by Crippen LogP contribution is 2.37. The minimum atomic E-state index is -0.712. The van der Waals surface area contributed by atoms with Crippen molar-refractivity contribution in [2.24, 2.45) is 17.4 Å². The van der Waals surface area contributed by atoms with Crippen molar-refractivity contribution in [1.29, 1.82) is 0 Å². The number of aryl methyl sites for hydroxylation is 1. The third-order valence-electron chi connectivity index (χ3n) is 5.41. The summed E-state index contributed by atoms with van der Waals surface area (Å²) in [6.45, 7) is 2.34. The van der Waals surface area contributed by atoms with E-state index in [0.29, 0.717) is 18.1 Å². The number of fused-ring (bicyclic) bond motifs is 3. The molecule has 1 aliphatic carbocycles. The van der Waals surface area contributed by atoms with Crippen LogP contribution in [0.1, 0.15) is 40.9 Å². The number of ether oxygens (including phenoxy) is 1. The molecule has 0 spiro atoms. The number of hydrogen-bond donors (Lipinski definition) is 3. The highest BCUT2D eigenvalue weighted by molar-refractivity contribution is 9.10. The van der Waals surface area contributed by atoms with E-state index >= 15 is 0 Å². The topological polar surface area (TPSA) is 114 Å². The maximum absolute atomic E-state index is 11.8. The van der Waals surface area contributed by atoms with Gasteiger partial charge in [-0.3, -0.25) is 4.79 Å². The van der Waals surface area contributed by atoms with Gasteiger partial charge in [0.25, 0.3) is 5.91 Å². The molecule has 7 nitrogen and oxygen atoms in total. The number of hydrogen-bond acceptors (Lipinski definition) is 4. The number of rotatable bonds is 8. The van der Waals surface area contributed by atoms with Gasteiger partial charge in [-0.15, -0.1) is 0 Å². The fraction of sp³-hybridized carbons (Fsp3) is 0.500. The Morgan fingerprint density at radius 3 is 2.82 bits per heavy atom. The van der Waals surface area contributed by atoms with E-state index in [2.05, 4.69) is 32.9 Å². The Balaban J connectivity index is 1.61. The van der Waals surface area contributed by atoms with Gasteiger partial charge in [0.15, 0.2) is 0 Å². The van der Waals surface area contributed by atoms with E-state index in [-0.39, 0.29) is 0 Å². The van der Waals surface area contributed by atoms with Crippen LogP contribution in [0.25, 0.3) is 10.9 Å². The molecule has 2 amide bonds. The second kappa shape index (κ2) is 8.96. The van der Waals surface area contributed by atoms with E-state index in [1.54, 1.807) is 6.07 Å². The summed E-state index contributed by atoms with van der Waals surface area (Å²) in [7, 11) is 2.12. The number of primary amides is 2. The highest BCUT2D eigenvalue weighted by Gasteiger charge is 2.25. The molecule has 0 aliphatic heterocycles. The maximum Gasteiger partial charge on any atom is 0.404 e. The van der Waals surface area contributed by atoms with E-state index in [0.717, 1.165) is 60.6 Å². The lowest BCUT2D eigenvalue weighted by Crippen LogP contribution is -2.30. The molecule has 1 unspecified atom stereocenters. The second-order valence-corrected chi connectivity index (χ2v) is 8.39. The normalized spacial score (nSPS) is 16.3. The van der Waals surface area contributed by atoms with Crippen LogP contribution in [-0.4, -0.2) is 48.6 Å². The van der Waals surface area contributed by atoms with Crippen LogP contribution in [0, 0.1) is 5.92 Å². The van der Waals surface area contributed by atoms with Crippen molar-refractivity contribution in [3.05, 3.63) is 33.4 Å². The predicted octanol–water partition coefficient (Wildman–Crippen LogP) is 2.94. The smallest absolute Gasteiger partial charge is 0.404 e. The summed E-state index contributed by atoms with van der Waals surface area (Å²) >= 11 is 3.62. The van der Waals surface area contributed by atoms with E-state index < -0.39 is 12.0 Å². The summed E-state index contributed by atoms with van der Waals surface area (Å²) in [6.07, 6.45) is 4.13. The second-order valence-electron chi connectivity index (χ2n) is 7.54. The fourth-order valence-electron chi connectivity index (χ4n) is 4.12. The van der Waals surface area contributed by atoms with Gasteiger partial charge in [-0.1, -0.05) is 15.9 Å². The number of amides is 2. The molecule has 5 N–H and O–H groups in total. The molecule has 28 heavy (non-hydrogen) atoms. The number of nitrogens with two attached hydrogens (primary N) is 2. The number of carbonyl (C=O) groups is 2. The Hall–Kier alpha value is -2.06. The van der Waals surface area contributed by atoms with Gasteiger partial charge in [-0.05, 0) is 69.3 Å². The van der Waals surface area contributed by atoms with Crippen molar-refractivity contribution < 1.29 is 14.3 Å². The summed E-state index contributed by atoms with van der Waals surface area (Å²) in [4.78, 5) is 28.1. The Labute approximate surface area is 172 Å². The molecule has 1 heterocycles. The van der Waals surface area contributed by atoms with E-state index in [1.165, 1.54) is 11.3 Å². The largest absolute Gasteiger partial charge is 0.450 e. The molecule has 0 bridgehead atoms. The van der Waals surface area contributed by atoms with Gasteiger partial charge in [0.05, 0.1) is 17.7 Å². The van der Waals surface area contributed by atoms with Crippen LogP contribution in [0.2, 0.25) is 0 Å². The van der Waals surface area contributed by atoms with Crippen molar-refractivity contribution in [2.45, 2.75) is 32.1 Å². The van der Waals surface area contributed by atoms with Crippen molar-refractivity contribution in [1.82, 2.24) is 9.88 Å². The molecule has 2 aromatic rings. The molecule has 1 aromatic carbocycles. The van der Waals surface area contributed by atoms with Gasteiger partial charge >= 0.3 is 6.09 Å². The van der Waals surface area contributed by atoms with E-state index in [9.17, 15) is 9.59 Å². The first-order valence-corrected chi connectivity index (χ1v) is 10.4. The summed E-state index contributed by atoms with van der Waals surface area (Å²) in [5.74, 6) is 0.149. The molecule has 3 rings (SSSR count). The van der Waals surface area contributed by atoms with E-state index in [1.807, 2.05) is 6.07 Å². The standard InChI is InChI=1S/C20H27BrN4O3/c1-25(8-2-3-9-28-20(23)27)11-12-4-5-13-16(10-12)24-18-14(19(22)26)6-7-15(21)17(13)18/h6-7,12,24H,2-5,8-11H2,1H3,(H2,22,26)(H2,23,27). The molecular weight excluding hydrogens is 424 g/mol. The highest BCUT2D eigenvalue weighted by atomic mass is 79.9. The maximum atomic E-state index is 11.8. The van der Waals surface area contributed by atoms with Crippen LogP contribution in [0.3, 0.4) is 0 Å². The molecule has 8 heteroatoms. The van der Waals surface area contributed by atoms with Crippen LogP contribution < -0.4 is 11.5 Å². The first-order chi connectivity index (χ1) is 13.4. The molecular formula is C20H27BrN4O3. The molecule has 0 saturated heterocycles. The number of unbranched alkanes of at least 4 members (excludes halogenated alkanes) is 1. The van der Waals surface area contributed by atoms with Crippen molar-refractivity contribution in [3.63, 3.8) is 0 Å². The Morgan fingerprint density at radius 1 is 1.32 bits per heavy atom. The van der Waals surface area contributed by atoms with Gasteiger partial charge in [-0.2, -0.15) is 0 Å². The van der Waals surface area contributed by atoms with Gasteiger partial charge in [-0.25, -0.2) is 4.79 Å². The van der Waals surface area contributed by atoms with Crippen molar-refractivity contribution >= 4 is 38.8 Å². The first-order valence-electron chi connectivity index (χ1n) is 9.59. The quantitative estimate of drug-likeness (QED) is 0.536. The number of nitrogens with zero attached hydrogens (tertiary/aromatic N) is 1. The average Bonchev–Trinajstić information content (AvgIpc) is 3.00. The van der Waals surface area contributed by atoms with Crippen molar-refractivity contribution in [2.75, 3.05) is 26.7 Å². The number of carbonyl (C=O) groups excluding carboxylic acids is 2. The summed E-state index contributed by atoms with van der Waals surface area (Å²) < 4.78 is 5.76. The molecule has 0 saturated carbocycles. The number of halogens is 1. The zero-order valence-corrected chi connectivity index (χ0v) is 17.7. The fourth-order valence-corrected chi connectivity index (χ4v) is 4.69. The molecule has 1 atom stereocenters. The first kappa shape index (κ1) is 20.7. The van der Waals surface area contributed by atoms with Crippen LogP contribution in [-0.2, 0) is 17.6 Å². The van der Waals surface area contributed by atoms with Crippen LogP contribution in [0.4, 0.5) is 4.79 Å². The minimum Gasteiger partial charge on any atom is -0.450 e. The van der Waals surface area contributed by atoms with E-state index in [4.69, 9.17) is 16.2 Å². The molecule has 152 valence electrons. The molecule has 0 radical (unpaired) electrons. The number of aromatic nitrogens is 1. The number of aromatic amines is 1. The zero-order valence-electron chi connectivity index (χ0n) is 16.1. The zero-order chi connectivity index (χ0) is 20.3. The summed E-state index contributed by atoms with van der Waals surface area (Å²) in [6, 6.07) is 3.67. The number of nitrogens with one attached hydrogen (secondary N) is 1. The van der Waals surface area contributed by atoms with Crippen LogP contribution in [0.5, 0.6) is 0 Å². The van der Waals surface area contributed by atoms with Gasteiger partial charge < -0.3 is 26.1 Å². The lowest BCUT2D eigenvalue weighted by molar-refractivity contribution is 0.100. The molecule has 0 fully saturated rings.